The Balaban J connectivity index is 2.26. The predicted molar refractivity (Wildman–Crippen MR) is 62.3 cm³/mol. The Hall–Kier alpha value is -1.87. The third-order valence-corrected chi connectivity index (χ3v) is 2.55. The molecule has 0 unspecified atom stereocenters. The summed E-state index contributed by atoms with van der Waals surface area (Å²) >= 11 is 5.83. The summed E-state index contributed by atoms with van der Waals surface area (Å²) in [6.45, 7) is 0. The van der Waals surface area contributed by atoms with Crippen LogP contribution >= 0.6 is 11.6 Å². The molecule has 0 aliphatic carbocycles. The lowest BCUT2D eigenvalue weighted by atomic mass is 10.1. The highest BCUT2D eigenvalue weighted by molar-refractivity contribution is 6.29. The molecule has 0 fully saturated rings. The van der Waals surface area contributed by atoms with Gasteiger partial charge < -0.3 is 4.42 Å². The highest BCUT2D eigenvalue weighted by atomic mass is 35.5. The van der Waals surface area contributed by atoms with Crippen molar-refractivity contribution in [2.45, 2.75) is 0 Å². The molecule has 78 valence electrons. The Morgan fingerprint density at radius 3 is 2.88 bits per heavy atom. The summed E-state index contributed by atoms with van der Waals surface area (Å²) in [5.74, 6) is 0.581. The van der Waals surface area contributed by atoms with Crippen molar-refractivity contribution >= 4 is 22.6 Å². The molecule has 0 bridgehead atoms. The summed E-state index contributed by atoms with van der Waals surface area (Å²) in [5, 5.41) is 1.42. The molecule has 1 aromatic carbocycles. The number of fused-ring (bicyclic) bond motifs is 1. The third kappa shape index (κ3) is 1.46. The molecule has 0 saturated carbocycles. The maximum atomic E-state index is 5.83. The minimum absolute atomic E-state index is 0.426. The van der Waals surface area contributed by atoms with Crippen LogP contribution in [0.15, 0.2) is 47.2 Å². The molecule has 0 aliphatic heterocycles. The number of benzene rings is 1. The quantitative estimate of drug-likeness (QED) is 0.600. The van der Waals surface area contributed by atoms with Crippen LogP contribution in [0.25, 0.3) is 22.4 Å². The van der Waals surface area contributed by atoms with Gasteiger partial charge in [-0.05, 0) is 12.1 Å². The normalized spacial score (nSPS) is 10.8. The summed E-state index contributed by atoms with van der Waals surface area (Å²) < 4.78 is 5.42. The molecule has 3 nitrogen and oxygen atoms in total. The van der Waals surface area contributed by atoms with Crippen molar-refractivity contribution in [2.24, 2.45) is 0 Å². The lowest BCUT2D eigenvalue weighted by Crippen LogP contribution is -1.86. The molecule has 0 amide bonds. The Labute approximate surface area is 96.7 Å². The van der Waals surface area contributed by atoms with Crippen LogP contribution in [0.4, 0.5) is 0 Å². The van der Waals surface area contributed by atoms with Crippen molar-refractivity contribution in [3.05, 3.63) is 47.9 Å². The maximum absolute atomic E-state index is 5.83. The van der Waals surface area contributed by atoms with Gasteiger partial charge >= 0.3 is 0 Å². The van der Waals surface area contributed by atoms with Crippen LogP contribution in [0.3, 0.4) is 0 Å². The standard InChI is InChI=1S/C12H7ClN2O/c13-11-5-6-14-12(15-11)9-7-16-10-4-2-1-3-8(9)10/h1-7H. The number of aromatic nitrogens is 2. The van der Waals surface area contributed by atoms with E-state index in [0.29, 0.717) is 11.0 Å². The largest absolute Gasteiger partial charge is 0.464 e. The van der Waals surface area contributed by atoms with Crippen LogP contribution < -0.4 is 0 Å². The van der Waals surface area contributed by atoms with E-state index >= 15 is 0 Å². The molecule has 3 aromatic rings. The van der Waals surface area contributed by atoms with Gasteiger partial charge in [0.05, 0.1) is 5.56 Å². The van der Waals surface area contributed by atoms with E-state index in [-0.39, 0.29) is 0 Å². The number of halogens is 1. The van der Waals surface area contributed by atoms with Gasteiger partial charge in [0.2, 0.25) is 0 Å². The molecule has 16 heavy (non-hydrogen) atoms. The fourth-order valence-corrected chi connectivity index (χ4v) is 1.75. The Kier molecular flexibility index (Phi) is 2.11. The molecule has 3 rings (SSSR count). The van der Waals surface area contributed by atoms with Gasteiger partial charge in [-0.25, -0.2) is 9.97 Å². The van der Waals surface area contributed by atoms with Crippen LogP contribution in [-0.2, 0) is 0 Å². The van der Waals surface area contributed by atoms with Gasteiger partial charge in [-0.15, -0.1) is 0 Å². The summed E-state index contributed by atoms with van der Waals surface area (Å²) in [6.07, 6.45) is 3.28. The molecule has 0 saturated heterocycles. The average Bonchev–Trinajstić information content (AvgIpc) is 2.72. The smallest absolute Gasteiger partial charge is 0.164 e. The average molecular weight is 231 g/mol. The van der Waals surface area contributed by atoms with E-state index in [0.717, 1.165) is 16.5 Å². The SMILES string of the molecule is Clc1ccnc(-c2coc3ccccc23)n1. The second-order valence-corrected chi connectivity index (χ2v) is 3.74. The first-order valence-electron chi connectivity index (χ1n) is 4.80. The lowest BCUT2D eigenvalue weighted by molar-refractivity contribution is 0.616. The zero-order valence-corrected chi connectivity index (χ0v) is 8.98. The molecule has 0 spiro atoms. The number of furan rings is 1. The van der Waals surface area contributed by atoms with Crippen molar-refractivity contribution in [3.63, 3.8) is 0 Å². The zero-order chi connectivity index (χ0) is 11.0. The highest BCUT2D eigenvalue weighted by Crippen LogP contribution is 2.28. The van der Waals surface area contributed by atoms with Crippen LogP contribution in [0.2, 0.25) is 5.15 Å². The Bertz CT molecular complexity index is 648. The van der Waals surface area contributed by atoms with Gasteiger partial charge in [0, 0.05) is 11.6 Å². The van der Waals surface area contributed by atoms with Crippen molar-refractivity contribution in [3.8, 4) is 11.4 Å². The molecule has 4 heteroatoms. The first-order chi connectivity index (χ1) is 7.84. The van der Waals surface area contributed by atoms with Crippen LogP contribution in [-0.4, -0.2) is 9.97 Å². The number of hydrogen-bond donors (Lipinski definition) is 0. The Morgan fingerprint density at radius 1 is 1.12 bits per heavy atom. The molecule has 0 aliphatic rings. The number of hydrogen-bond acceptors (Lipinski definition) is 3. The Morgan fingerprint density at radius 2 is 2.00 bits per heavy atom. The molecular weight excluding hydrogens is 224 g/mol. The summed E-state index contributed by atoms with van der Waals surface area (Å²) in [5.41, 5.74) is 1.68. The third-order valence-electron chi connectivity index (χ3n) is 2.34. The van der Waals surface area contributed by atoms with Crippen LogP contribution in [0.1, 0.15) is 0 Å². The van der Waals surface area contributed by atoms with E-state index in [1.165, 1.54) is 0 Å². The van der Waals surface area contributed by atoms with E-state index in [2.05, 4.69) is 9.97 Å². The summed E-state index contributed by atoms with van der Waals surface area (Å²) in [6, 6.07) is 9.40. The fraction of sp³-hybridized carbons (Fsp3) is 0. The first kappa shape index (κ1) is 9.36. The van der Waals surface area contributed by atoms with Crippen LogP contribution in [0.5, 0.6) is 0 Å². The van der Waals surface area contributed by atoms with Gasteiger partial charge in [0.25, 0.3) is 0 Å². The molecule has 2 heterocycles. The molecule has 0 atom stereocenters. The molecule has 0 radical (unpaired) electrons. The number of para-hydroxylation sites is 1. The number of rotatable bonds is 1. The van der Waals surface area contributed by atoms with E-state index in [4.69, 9.17) is 16.0 Å². The minimum atomic E-state index is 0.426. The van der Waals surface area contributed by atoms with Gasteiger partial charge in [0.15, 0.2) is 5.82 Å². The van der Waals surface area contributed by atoms with E-state index < -0.39 is 0 Å². The maximum Gasteiger partial charge on any atom is 0.164 e. The van der Waals surface area contributed by atoms with E-state index in [1.807, 2.05) is 24.3 Å². The van der Waals surface area contributed by atoms with E-state index in [9.17, 15) is 0 Å². The van der Waals surface area contributed by atoms with Crippen molar-refractivity contribution in [1.82, 2.24) is 9.97 Å². The number of nitrogens with zero attached hydrogens (tertiary/aromatic N) is 2. The summed E-state index contributed by atoms with van der Waals surface area (Å²) in [4.78, 5) is 8.34. The summed E-state index contributed by atoms with van der Waals surface area (Å²) in [7, 11) is 0. The fourth-order valence-electron chi connectivity index (χ4n) is 1.62. The van der Waals surface area contributed by atoms with Gasteiger partial charge in [-0.2, -0.15) is 0 Å². The van der Waals surface area contributed by atoms with Crippen LogP contribution in [0, 0.1) is 0 Å². The second kappa shape index (κ2) is 3.61. The van der Waals surface area contributed by atoms with E-state index in [1.54, 1.807) is 18.5 Å². The molecule has 2 aromatic heterocycles. The minimum Gasteiger partial charge on any atom is -0.464 e. The highest BCUT2D eigenvalue weighted by Gasteiger charge is 2.09. The van der Waals surface area contributed by atoms with Crippen molar-refractivity contribution in [1.29, 1.82) is 0 Å². The van der Waals surface area contributed by atoms with Crippen molar-refractivity contribution in [2.75, 3.05) is 0 Å². The zero-order valence-electron chi connectivity index (χ0n) is 8.22. The molecule has 0 N–H and O–H groups in total. The predicted octanol–water partition coefficient (Wildman–Crippen LogP) is 3.54. The lowest BCUT2D eigenvalue weighted by Gasteiger charge is -1.96. The van der Waals surface area contributed by atoms with Gasteiger partial charge in [-0.3, -0.25) is 0 Å². The molecular formula is C12H7ClN2O. The van der Waals surface area contributed by atoms with Gasteiger partial charge in [0.1, 0.15) is 17.0 Å². The topological polar surface area (TPSA) is 38.9 Å². The van der Waals surface area contributed by atoms with Crippen molar-refractivity contribution < 1.29 is 4.42 Å². The second-order valence-electron chi connectivity index (χ2n) is 3.35. The van der Waals surface area contributed by atoms with Gasteiger partial charge in [-0.1, -0.05) is 29.8 Å². The first-order valence-corrected chi connectivity index (χ1v) is 5.17. The monoisotopic (exact) mass is 230 g/mol.